The first-order chi connectivity index (χ1) is 6.40. The molecular formula is C10H15NOS. The fraction of sp³-hybridized carbons (Fsp3) is 0.600. The molecule has 0 saturated carbocycles. The van der Waals surface area contributed by atoms with Crippen molar-refractivity contribution in [2.45, 2.75) is 25.4 Å². The van der Waals surface area contributed by atoms with Crippen LogP contribution >= 0.6 is 11.8 Å². The average Bonchev–Trinajstić information content (AvgIpc) is 2.71. The third kappa shape index (κ3) is 2.09. The second-order valence-electron chi connectivity index (χ2n) is 3.38. The summed E-state index contributed by atoms with van der Waals surface area (Å²) in [4.78, 5) is 0. The predicted molar refractivity (Wildman–Crippen MR) is 56.0 cm³/mol. The molecule has 0 aromatic carbocycles. The Labute approximate surface area is 83.1 Å². The van der Waals surface area contributed by atoms with Gasteiger partial charge in [-0.25, -0.2) is 0 Å². The lowest BCUT2D eigenvalue weighted by atomic mass is 10.2. The molecule has 2 rings (SSSR count). The Kier molecular flexibility index (Phi) is 2.96. The molecule has 0 bridgehead atoms. The highest BCUT2D eigenvalue weighted by molar-refractivity contribution is 7.99. The zero-order chi connectivity index (χ0) is 9.10. The van der Waals surface area contributed by atoms with Crippen molar-refractivity contribution in [3.05, 3.63) is 24.2 Å². The summed E-state index contributed by atoms with van der Waals surface area (Å²) < 4.78 is 5.39. The van der Waals surface area contributed by atoms with E-state index in [-0.39, 0.29) is 0 Å². The third-order valence-corrected chi connectivity index (χ3v) is 3.63. The van der Waals surface area contributed by atoms with E-state index in [9.17, 15) is 0 Å². The lowest BCUT2D eigenvalue weighted by Crippen LogP contribution is -2.39. The molecule has 0 spiro atoms. The average molecular weight is 197 g/mol. The van der Waals surface area contributed by atoms with Gasteiger partial charge in [-0.05, 0) is 18.6 Å². The molecule has 1 aromatic heterocycles. The van der Waals surface area contributed by atoms with Crippen LogP contribution in [0.5, 0.6) is 0 Å². The van der Waals surface area contributed by atoms with Crippen molar-refractivity contribution in [1.29, 1.82) is 0 Å². The van der Waals surface area contributed by atoms with Gasteiger partial charge in [0.15, 0.2) is 0 Å². The summed E-state index contributed by atoms with van der Waals surface area (Å²) in [6.45, 7) is 2.22. The third-order valence-electron chi connectivity index (χ3n) is 2.42. The minimum atomic E-state index is 0.415. The Hall–Kier alpha value is -0.410. The molecule has 2 heterocycles. The van der Waals surface area contributed by atoms with Gasteiger partial charge in [0.1, 0.15) is 5.76 Å². The van der Waals surface area contributed by atoms with E-state index in [1.165, 1.54) is 12.2 Å². The van der Waals surface area contributed by atoms with Crippen LogP contribution < -0.4 is 5.32 Å². The summed E-state index contributed by atoms with van der Waals surface area (Å²) in [7, 11) is 0. The topological polar surface area (TPSA) is 25.2 Å². The molecule has 0 amide bonds. The molecule has 2 atom stereocenters. The fourth-order valence-electron chi connectivity index (χ4n) is 1.60. The van der Waals surface area contributed by atoms with Crippen LogP contribution in [0.25, 0.3) is 0 Å². The number of nitrogens with one attached hydrogen (secondary N) is 1. The fourth-order valence-corrected chi connectivity index (χ4v) is 2.85. The van der Waals surface area contributed by atoms with Crippen molar-refractivity contribution in [3.8, 4) is 0 Å². The van der Waals surface area contributed by atoms with Crippen molar-refractivity contribution < 1.29 is 4.42 Å². The summed E-state index contributed by atoms with van der Waals surface area (Å²) >= 11 is 2.01. The van der Waals surface area contributed by atoms with E-state index in [4.69, 9.17) is 4.42 Å². The molecule has 1 aliphatic heterocycles. The number of hydrogen-bond donors (Lipinski definition) is 1. The summed E-state index contributed by atoms with van der Waals surface area (Å²) in [5, 5.41) is 3.59. The standard InChI is InChI=1S/C10H15NOS/c1-2-8-6-13-7-9(11-8)10-4-3-5-12-10/h3-5,8-9,11H,2,6-7H2,1H3. The molecule has 13 heavy (non-hydrogen) atoms. The van der Waals surface area contributed by atoms with Gasteiger partial charge in [-0.15, -0.1) is 0 Å². The van der Waals surface area contributed by atoms with Crippen molar-refractivity contribution in [2.75, 3.05) is 11.5 Å². The second-order valence-corrected chi connectivity index (χ2v) is 4.45. The number of rotatable bonds is 2. The Morgan fingerprint density at radius 1 is 1.62 bits per heavy atom. The van der Waals surface area contributed by atoms with E-state index in [0.29, 0.717) is 12.1 Å². The van der Waals surface area contributed by atoms with Gasteiger partial charge in [0.05, 0.1) is 12.3 Å². The van der Waals surface area contributed by atoms with E-state index in [1.807, 2.05) is 17.8 Å². The van der Waals surface area contributed by atoms with Crippen molar-refractivity contribution in [2.24, 2.45) is 0 Å². The summed E-state index contributed by atoms with van der Waals surface area (Å²) in [5.41, 5.74) is 0. The zero-order valence-corrected chi connectivity index (χ0v) is 8.64. The van der Waals surface area contributed by atoms with E-state index < -0.39 is 0 Å². The lowest BCUT2D eigenvalue weighted by Gasteiger charge is -2.28. The first kappa shape index (κ1) is 9.16. The molecular weight excluding hydrogens is 182 g/mol. The molecule has 2 nitrogen and oxygen atoms in total. The Morgan fingerprint density at radius 2 is 2.54 bits per heavy atom. The van der Waals surface area contributed by atoms with Crippen molar-refractivity contribution in [3.63, 3.8) is 0 Å². The highest BCUT2D eigenvalue weighted by Crippen LogP contribution is 2.25. The van der Waals surface area contributed by atoms with Crippen molar-refractivity contribution in [1.82, 2.24) is 5.32 Å². The Balaban J connectivity index is 2.00. The Morgan fingerprint density at radius 3 is 3.23 bits per heavy atom. The lowest BCUT2D eigenvalue weighted by molar-refractivity contribution is 0.392. The van der Waals surface area contributed by atoms with E-state index in [2.05, 4.69) is 18.3 Å². The highest BCUT2D eigenvalue weighted by atomic mass is 32.2. The maximum absolute atomic E-state index is 5.39. The van der Waals surface area contributed by atoms with Gasteiger partial charge in [0, 0.05) is 17.5 Å². The minimum absolute atomic E-state index is 0.415. The van der Waals surface area contributed by atoms with Crippen LogP contribution in [0.3, 0.4) is 0 Å². The van der Waals surface area contributed by atoms with Crippen LogP contribution in [0.4, 0.5) is 0 Å². The quantitative estimate of drug-likeness (QED) is 0.788. The van der Waals surface area contributed by atoms with E-state index in [1.54, 1.807) is 6.26 Å². The highest BCUT2D eigenvalue weighted by Gasteiger charge is 2.22. The number of thioether (sulfide) groups is 1. The van der Waals surface area contributed by atoms with Gasteiger partial charge in [-0.3, -0.25) is 0 Å². The smallest absolute Gasteiger partial charge is 0.121 e. The molecule has 1 N–H and O–H groups in total. The number of furan rings is 1. The number of hydrogen-bond acceptors (Lipinski definition) is 3. The molecule has 1 aromatic rings. The maximum atomic E-state index is 5.39. The van der Waals surface area contributed by atoms with Gasteiger partial charge in [-0.2, -0.15) is 11.8 Å². The van der Waals surface area contributed by atoms with Gasteiger partial charge < -0.3 is 9.73 Å². The summed E-state index contributed by atoms with van der Waals surface area (Å²) in [6.07, 6.45) is 2.95. The molecule has 1 fully saturated rings. The minimum Gasteiger partial charge on any atom is -0.468 e. The molecule has 3 heteroatoms. The summed E-state index contributed by atoms with van der Waals surface area (Å²) in [5.74, 6) is 3.43. The monoisotopic (exact) mass is 197 g/mol. The first-order valence-electron chi connectivity index (χ1n) is 4.77. The SMILES string of the molecule is CCC1CSCC(c2ccco2)N1. The largest absolute Gasteiger partial charge is 0.468 e. The second kappa shape index (κ2) is 4.20. The molecule has 0 aliphatic carbocycles. The van der Waals surface area contributed by atoms with Crippen LogP contribution in [-0.2, 0) is 0 Å². The van der Waals surface area contributed by atoms with E-state index >= 15 is 0 Å². The van der Waals surface area contributed by atoms with E-state index in [0.717, 1.165) is 11.5 Å². The van der Waals surface area contributed by atoms with Crippen LogP contribution in [0.2, 0.25) is 0 Å². The molecule has 1 aliphatic rings. The van der Waals surface area contributed by atoms with Gasteiger partial charge in [0.2, 0.25) is 0 Å². The van der Waals surface area contributed by atoms with Gasteiger partial charge in [-0.1, -0.05) is 6.92 Å². The predicted octanol–water partition coefficient (Wildman–Crippen LogP) is 2.44. The summed E-state index contributed by atoms with van der Waals surface area (Å²) in [6, 6.07) is 5.07. The van der Waals surface area contributed by atoms with Crippen molar-refractivity contribution >= 4 is 11.8 Å². The van der Waals surface area contributed by atoms with Crippen LogP contribution in [0.1, 0.15) is 25.1 Å². The molecule has 2 unspecified atom stereocenters. The normalized spacial score (nSPS) is 29.0. The maximum Gasteiger partial charge on any atom is 0.121 e. The van der Waals surface area contributed by atoms with Crippen LogP contribution in [-0.4, -0.2) is 17.5 Å². The molecule has 72 valence electrons. The molecule has 1 saturated heterocycles. The van der Waals surface area contributed by atoms with Gasteiger partial charge >= 0.3 is 0 Å². The first-order valence-corrected chi connectivity index (χ1v) is 5.93. The van der Waals surface area contributed by atoms with Crippen LogP contribution in [0, 0.1) is 0 Å². The zero-order valence-electron chi connectivity index (χ0n) is 7.82. The Bertz CT molecular complexity index is 247. The molecule has 0 radical (unpaired) electrons. The van der Waals surface area contributed by atoms with Crippen LogP contribution in [0.15, 0.2) is 22.8 Å². The van der Waals surface area contributed by atoms with Gasteiger partial charge in [0.25, 0.3) is 0 Å².